The zero-order chi connectivity index (χ0) is 14.4. The molecule has 0 fully saturated rings. The van der Waals surface area contributed by atoms with Gasteiger partial charge in [0.2, 0.25) is 5.95 Å². The van der Waals surface area contributed by atoms with E-state index in [0.29, 0.717) is 24.7 Å². The van der Waals surface area contributed by atoms with Crippen molar-refractivity contribution in [2.75, 3.05) is 30.3 Å². The molecule has 20 heavy (non-hydrogen) atoms. The Morgan fingerprint density at radius 1 is 1.30 bits per heavy atom. The van der Waals surface area contributed by atoms with Gasteiger partial charge in [0.25, 0.3) is 0 Å². The number of nitrogens with one attached hydrogen (secondary N) is 3. The second kappa shape index (κ2) is 7.04. The minimum Gasteiger partial charge on any atom is -0.377 e. The van der Waals surface area contributed by atoms with E-state index in [2.05, 4.69) is 37.5 Å². The topological polar surface area (TPSA) is 87.8 Å². The van der Waals surface area contributed by atoms with Crippen molar-refractivity contribution >= 4 is 22.9 Å². The minimum absolute atomic E-state index is 0.125. The minimum atomic E-state index is 0.125. The Hall–Kier alpha value is -1.89. The molecule has 0 saturated carbocycles. The SMILES string of the molecule is CCCNc1nc(NCC(C)OCC)c2[nH]cnc2n1. The van der Waals surface area contributed by atoms with E-state index in [1.807, 2.05) is 13.8 Å². The summed E-state index contributed by atoms with van der Waals surface area (Å²) < 4.78 is 5.50. The van der Waals surface area contributed by atoms with E-state index in [9.17, 15) is 0 Å². The average molecular weight is 278 g/mol. The van der Waals surface area contributed by atoms with Crippen molar-refractivity contribution in [3.05, 3.63) is 6.33 Å². The number of ether oxygens (including phenoxy) is 1. The van der Waals surface area contributed by atoms with Gasteiger partial charge in [0.15, 0.2) is 11.5 Å². The molecule has 3 N–H and O–H groups in total. The molecule has 0 aliphatic carbocycles. The van der Waals surface area contributed by atoms with Gasteiger partial charge in [-0.25, -0.2) is 4.98 Å². The summed E-state index contributed by atoms with van der Waals surface area (Å²) in [6.45, 7) is 8.34. The van der Waals surface area contributed by atoms with E-state index in [4.69, 9.17) is 4.74 Å². The lowest BCUT2D eigenvalue weighted by Gasteiger charge is -2.14. The molecule has 2 heterocycles. The first-order valence-corrected chi connectivity index (χ1v) is 7.05. The first-order valence-electron chi connectivity index (χ1n) is 7.05. The molecule has 0 aromatic carbocycles. The van der Waals surface area contributed by atoms with Crippen LogP contribution in [0.5, 0.6) is 0 Å². The zero-order valence-electron chi connectivity index (χ0n) is 12.2. The number of aromatic amines is 1. The number of hydrogen-bond donors (Lipinski definition) is 3. The summed E-state index contributed by atoms with van der Waals surface area (Å²) in [5, 5.41) is 6.47. The van der Waals surface area contributed by atoms with Gasteiger partial charge in [-0.05, 0) is 20.3 Å². The van der Waals surface area contributed by atoms with Crippen LogP contribution in [-0.2, 0) is 4.74 Å². The van der Waals surface area contributed by atoms with Gasteiger partial charge in [-0.2, -0.15) is 9.97 Å². The molecule has 1 unspecified atom stereocenters. The molecule has 2 aromatic heterocycles. The van der Waals surface area contributed by atoms with E-state index >= 15 is 0 Å². The summed E-state index contributed by atoms with van der Waals surface area (Å²) in [6.07, 6.45) is 2.77. The van der Waals surface area contributed by atoms with Crippen LogP contribution in [0.1, 0.15) is 27.2 Å². The van der Waals surface area contributed by atoms with Crippen LogP contribution >= 0.6 is 0 Å². The summed E-state index contributed by atoms with van der Waals surface area (Å²) in [5.41, 5.74) is 1.47. The highest BCUT2D eigenvalue weighted by Crippen LogP contribution is 2.18. The van der Waals surface area contributed by atoms with E-state index in [1.165, 1.54) is 0 Å². The summed E-state index contributed by atoms with van der Waals surface area (Å²) in [5.74, 6) is 1.34. The van der Waals surface area contributed by atoms with Crippen LogP contribution < -0.4 is 10.6 Å². The molecule has 7 heteroatoms. The molecule has 2 aromatic rings. The number of rotatable bonds is 8. The number of fused-ring (bicyclic) bond motifs is 1. The van der Waals surface area contributed by atoms with Crippen molar-refractivity contribution in [2.24, 2.45) is 0 Å². The average Bonchev–Trinajstić information content (AvgIpc) is 2.91. The van der Waals surface area contributed by atoms with Crippen molar-refractivity contribution in [2.45, 2.75) is 33.3 Å². The molecule has 0 spiro atoms. The fourth-order valence-electron chi connectivity index (χ4n) is 1.86. The summed E-state index contributed by atoms with van der Waals surface area (Å²) in [4.78, 5) is 16.1. The van der Waals surface area contributed by atoms with E-state index < -0.39 is 0 Å². The van der Waals surface area contributed by atoms with Crippen LogP contribution in [0.3, 0.4) is 0 Å². The standard InChI is InChI=1S/C13H22N6O/c1-4-6-14-13-18-11(15-7-9(3)20-5-2)10-12(19-13)17-8-16-10/h8-9H,4-7H2,1-3H3,(H3,14,15,16,17,18,19). The van der Waals surface area contributed by atoms with Crippen molar-refractivity contribution < 1.29 is 4.74 Å². The predicted molar refractivity (Wildman–Crippen MR) is 80.0 cm³/mol. The zero-order valence-corrected chi connectivity index (χ0v) is 12.2. The molecule has 0 radical (unpaired) electrons. The summed E-state index contributed by atoms with van der Waals surface area (Å²) in [7, 11) is 0. The molecule has 0 amide bonds. The number of anilines is 2. The van der Waals surface area contributed by atoms with E-state index in [1.54, 1.807) is 6.33 Å². The third-order valence-corrected chi connectivity index (χ3v) is 2.83. The van der Waals surface area contributed by atoms with Crippen LogP contribution in [0.4, 0.5) is 11.8 Å². The number of hydrogen-bond acceptors (Lipinski definition) is 6. The van der Waals surface area contributed by atoms with Crippen molar-refractivity contribution in [1.29, 1.82) is 0 Å². The number of imidazole rings is 1. The van der Waals surface area contributed by atoms with Crippen LogP contribution in [0, 0.1) is 0 Å². The monoisotopic (exact) mass is 278 g/mol. The Bertz CT molecular complexity index is 541. The smallest absolute Gasteiger partial charge is 0.226 e. The predicted octanol–water partition coefficient (Wildman–Crippen LogP) is 2.01. The largest absolute Gasteiger partial charge is 0.377 e. The normalized spacial score (nSPS) is 12.6. The Balaban J connectivity index is 2.14. The summed E-state index contributed by atoms with van der Waals surface area (Å²) in [6, 6.07) is 0. The Labute approximate surface area is 118 Å². The Kier molecular flexibility index (Phi) is 5.11. The molecule has 0 bridgehead atoms. The molecule has 7 nitrogen and oxygen atoms in total. The van der Waals surface area contributed by atoms with E-state index in [0.717, 1.165) is 24.3 Å². The maximum Gasteiger partial charge on any atom is 0.226 e. The third kappa shape index (κ3) is 3.57. The number of H-pyrrole nitrogens is 1. The molecular weight excluding hydrogens is 256 g/mol. The lowest BCUT2D eigenvalue weighted by atomic mass is 10.4. The quantitative estimate of drug-likeness (QED) is 0.684. The fraction of sp³-hybridized carbons (Fsp3) is 0.615. The highest BCUT2D eigenvalue weighted by molar-refractivity contribution is 5.83. The third-order valence-electron chi connectivity index (χ3n) is 2.83. The molecule has 2 rings (SSSR count). The van der Waals surface area contributed by atoms with Crippen molar-refractivity contribution in [3.8, 4) is 0 Å². The van der Waals surface area contributed by atoms with Crippen molar-refractivity contribution in [3.63, 3.8) is 0 Å². The van der Waals surface area contributed by atoms with Gasteiger partial charge in [-0.15, -0.1) is 0 Å². The molecular formula is C13H22N6O. The lowest BCUT2D eigenvalue weighted by Crippen LogP contribution is -2.20. The number of aromatic nitrogens is 4. The maximum absolute atomic E-state index is 5.50. The van der Waals surface area contributed by atoms with Gasteiger partial charge in [0, 0.05) is 19.7 Å². The van der Waals surface area contributed by atoms with Gasteiger partial charge < -0.3 is 20.4 Å². The Morgan fingerprint density at radius 2 is 2.15 bits per heavy atom. The van der Waals surface area contributed by atoms with Crippen LogP contribution in [0.2, 0.25) is 0 Å². The second-order valence-corrected chi connectivity index (χ2v) is 4.57. The second-order valence-electron chi connectivity index (χ2n) is 4.57. The molecule has 110 valence electrons. The van der Waals surface area contributed by atoms with Gasteiger partial charge >= 0.3 is 0 Å². The van der Waals surface area contributed by atoms with Crippen LogP contribution in [0.15, 0.2) is 6.33 Å². The fourth-order valence-corrected chi connectivity index (χ4v) is 1.86. The highest BCUT2D eigenvalue weighted by atomic mass is 16.5. The maximum atomic E-state index is 5.50. The Morgan fingerprint density at radius 3 is 2.90 bits per heavy atom. The first-order chi connectivity index (χ1) is 9.74. The molecule has 0 aliphatic rings. The van der Waals surface area contributed by atoms with Gasteiger partial charge in [0.1, 0.15) is 5.52 Å². The van der Waals surface area contributed by atoms with Crippen molar-refractivity contribution in [1.82, 2.24) is 19.9 Å². The lowest BCUT2D eigenvalue weighted by molar-refractivity contribution is 0.0855. The summed E-state index contributed by atoms with van der Waals surface area (Å²) >= 11 is 0. The van der Waals surface area contributed by atoms with Crippen LogP contribution in [-0.4, -0.2) is 45.7 Å². The molecule has 0 aliphatic heterocycles. The van der Waals surface area contributed by atoms with E-state index in [-0.39, 0.29) is 6.10 Å². The van der Waals surface area contributed by atoms with Gasteiger partial charge in [-0.3, -0.25) is 0 Å². The highest BCUT2D eigenvalue weighted by Gasteiger charge is 2.10. The number of nitrogens with zero attached hydrogens (tertiary/aromatic N) is 3. The first kappa shape index (κ1) is 14.5. The van der Waals surface area contributed by atoms with Crippen LogP contribution in [0.25, 0.3) is 11.2 Å². The van der Waals surface area contributed by atoms with Gasteiger partial charge in [-0.1, -0.05) is 6.92 Å². The molecule has 1 atom stereocenters. The van der Waals surface area contributed by atoms with Gasteiger partial charge in [0.05, 0.1) is 12.4 Å². The molecule has 0 saturated heterocycles.